The van der Waals surface area contributed by atoms with E-state index in [-0.39, 0.29) is 0 Å². The van der Waals surface area contributed by atoms with Crippen LogP contribution in [0, 0.1) is 0 Å². The summed E-state index contributed by atoms with van der Waals surface area (Å²) in [6.07, 6.45) is 0.942. The zero-order valence-electron chi connectivity index (χ0n) is 19.6. The second-order valence-corrected chi connectivity index (χ2v) is 10.2. The van der Waals surface area contributed by atoms with E-state index in [9.17, 15) is 0 Å². The van der Waals surface area contributed by atoms with Crippen molar-refractivity contribution in [3.63, 3.8) is 0 Å². The predicted molar refractivity (Wildman–Crippen MR) is 138 cm³/mol. The smallest absolute Gasteiger partial charge is 0.122 e. The van der Waals surface area contributed by atoms with Crippen molar-refractivity contribution in [1.29, 1.82) is 0 Å². The second-order valence-electron chi connectivity index (χ2n) is 7.11. The van der Waals surface area contributed by atoms with Crippen LogP contribution in [0.3, 0.4) is 0 Å². The van der Waals surface area contributed by atoms with Gasteiger partial charge in [-0.2, -0.15) is 0 Å². The maximum atomic E-state index is 5.92. The minimum absolute atomic E-state index is 0.681. The van der Waals surface area contributed by atoms with Gasteiger partial charge in [-0.25, -0.2) is 0 Å². The van der Waals surface area contributed by atoms with E-state index in [1.807, 2.05) is 20.8 Å². The fourth-order valence-electron chi connectivity index (χ4n) is 4.01. The first kappa shape index (κ1) is 23.7. The molecular weight excluding hydrogens is 408 g/mol. The Labute approximate surface area is 195 Å². The molecule has 0 aliphatic heterocycles. The monoisotopic (exact) mass is 442 g/mol. The number of hydrogen-bond acceptors (Lipinski definition) is 1. The molecule has 4 rings (SSSR count). The first-order valence-corrected chi connectivity index (χ1v) is 13.2. The lowest BCUT2D eigenvalue weighted by molar-refractivity contribution is 0.336. The SMILES string of the molecule is CC.CCOc1ccc(S(c2ccccc2)(c2ccccc2)c2ccccc2)cc1CC. The average molecular weight is 443 g/mol. The molecule has 0 saturated heterocycles. The molecule has 0 aromatic heterocycles. The fourth-order valence-corrected chi connectivity index (χ4v) is 7.93. The summed E-state index contributed by atoms with van der Waals surface area (Å²) in [5.41, 5.74) is 1.26. The Morgan fingerprint density at radius 2 is 1.00 bits per heavy atom. The van der Waals surface area contributed by atoms with Crippen LogP contribution in [0.25, 0.3) is 0 Å². The minimum Gasteiger partial charge on any atom is -0.494 e. The van der Waals surface area contributed by atoms with Crippen LogP contribution >= 0.6 is 10.0 Å². The number of aryl methyl sites for hydroxylation is 1. The zero-order valence-corrected chi connectivity index (χ0v) is 20.4. The van der Waals surface area contributed by atoms with E-state index in [1.165, 1.54) is 25.1 Å². The normalized spacial score (nSPS) is 11.2. The molecule has 4 aromatic rings. The maximum Gasteiger partial charge on any atom is 0.122 e. The first-order valence-electron chi connectivity index (χ1n) is 11.5. The summed E-state index contributed by atoms with van der Waals surface area (Å²) in [5.74, 6) is 0.992. The molecule has 2 heteroatoms. The van der Waals surface area contributed by atoms with Crippen LogP contribution in [0.15, 0.2) is 129 Å². The van der Waals surface area contributed by atoms with Crippen molar-refractivity contribution in [2.45, 2.75) is 53.7 Å². The quantitative estimate of drug-likeness (QED) is 0.277. The lowest BCUT2D eigenvalue weighted by atomic mass is 10.1. The van der Waals surface area contributed by atoms with Gasteiger partial charge >= 0.3 is 0 Å². The molecule has 4 aromatic carbocycles. The maximum absolute atomic E-state index is 5.92. The first-order chi connectivity index (χ1) is 15.8. The van der Waals surface area contributed by atoms with E-state index in [0.717, 1.165) is 12.2 Å². The summed E-state index contributed by atoms with van der Waals surface area (Å²) in [7, 11) is -1.63. The van der Waals surface area contributed by atoms with Crippen molar-refractivity contribution in [2.75, 3.05) is 6.61 Å². The van der Waals surface area contributed by atoms with Gasteiger partial charge in [-0.05, 0) is 73.5 Å². The predicted octanol–water partition coefficient (Wildman–Crippen LogP) is 9.01. The summed E-state index contributed by atoms with van der Waals surface area (Å²) >= 11 is 0. The Morgan fingerprint density at radius 1 is 0.562 bits per heavy atom. The number of ether oxygens (including phenoxy) is 1. The van der Waals surface area contributed by atoms with Crippen molar-refractivity contribution >= 4 is 10.0 Å². The highest BCUT2D eigenvalue weighted by molar-refractivity contribution is 8.34. The summed E-state index contributed by atoms with van der Waals surface area (Å²) in [6.45, 7) is 8.92. The van der Waals surface area contributed by atoms with Gasteiger partial charge in [0, 0.05) is 19.6 Å². The Bertz CT molecular complexity index is 979. The van der Waals surface area contributed by atoms with Crippen LogP contribution < -0.4 is 4.74 Å². The molecule has 0 fully saturated rings. The van der Waals surface area contributed by atoms with E-state index in [4.69, 9.17) is 4.74 Å². The summed E-state index contributed by atoms with van der Waals surface area (Å²) in [6, 6.07) is 39.6. The lowest BCUT2D eigenvalue weighted by Crippen LogP contribution is -2.06. The second kappa shape index (κ2) is 11.6. The molecule has 0 atom stereocenters. The van der Waals surface area contributed by atoms with Crippen LogP contribution in [0.1, 0.15) is 33.3 Å². The van der Waals surface area contributed by atoms with Crippen molar-refractivity contribution < 1.29 is 4.74 Å². The molecule has 0 bridgehead atoms. The van der Waals surface area contributed by atoms with E-state index >= 15 is 0 Å². The molecular formula is C30H34OS. The molecule has 32 heavy (non-hydrogen) atoms. The largest absolute Gasteiger partial charge is 0.494 e. The third-order valence-electron chi connectivity index (χ3n) is 5.36. The van der Waals surface area contributed by atoms with Gasteiger partial charge in [-0.15, -0.1) is 10.0 Å². The van der Waals surface area contributed by atoms with Crippen molar-refractivity contribution in [3.8, 4) is 5.75 Å². The van der Waals surface area contributed by atoms with Crippen LogP contribution in [0.2, 0.25) is 0 Å². The fraction of sp³-hybridized carbons (Fsp3) is 0.200. The van der Waals surface area contributed by atoms with Crippen LogP contribution in [-0.2, 0) is 6.42 Å². The Balaban J connectivity index is 0.00000141. The lowest BCUT2D eigenvalue weighted by Gasteiger charge is -2.42. The molecule has 0 spiro atoms. The van der Waals surface area contributed by atoms with Gasteiger partial charge in [0.25, 0.3) is 0 Å². The van der Waals surface area contributed by atoms with E-state index < -0.39 is 10.0 Å². The average Bonchev–Trinajstić information content (AvgIpc) is 2.88. The van der Waals surface area contributed by atoms with Gasteiger partial charge in [0.05, 0.1) is 6.61 Å². The standard InChI is InChI=1S/C28H28OS.C2H6/c1-3-23-22-27(20-21-28(23)29-4-2)30(24-14-8-5-9-15-24,25-16-10-6-11-17-25)26-18-12-7-13-19-26;1-2/h5-22H,3-4H2,1-2H3;1-2H3. The Hall–Kier alpha value is -2.97. The Kier molecular flexibility index (Phi) is 8.58. The number of benzene rings is 4. The molecule has 0 radical (unpaired) electrons. The van der Waals surface area contributed by atoms with Crippen LogP contribution in [-0.4, -0.2) is 6.61 Å². The van der Waals surface area contributed by atoms with Gasteiger partial charge in [-0.1, -0.05) is 75.4 Å². The van der Waals surface area contributed by atoms with Crippen LogP contribution in [0.4, 0.5) is 0 Å². The highest BCUT2D eigenvalue weighted by Gasteiger charge is 2.33. The third kappa shape index (κ3) is 4.61. The molecule has 0 saturated carbocycles. The van der Waals surface area contributed by atoms with E-state index in [2.05, 4.69) is 116 Å². The summed E-state index contributed by atoms with van der Waals surface area (Å²) < 4.78 is 5.92. The Morgan fingerprint density at radius 3 is 1.38 bits per heavy atom. The molecule has 0 aliphatic carbocycles. The van der Waals surface area contributed by atoms with Gasteiger partial charge in [0.2, 0.25) is 0 Å². The highest BCUT2D eigenvalue weighted by Crippen LogP contribution is 2.73. The number of hydrogen-bond donors (Lipinski definition) is 0. The van der Waals surface area contributed by atoms with Crippen molar-refractivity contribution in [3.05, 3.63) is 115 Å². The summed E-state index contributed by atoms with van der Waals surface area (Å²) in [5, 5.41) is 0. The zero-order chi connectivity index (χ0) is 22.8. The van der Waals surface area contributed by atoms with Gasteiger partial charge in [0.15, 0.2) is 0 Å². The molecule has 0 amide bonds. The van der Waals surface area contributed by atoms with Gasteiger partial charge in [-0.3, -0.25) is 0 Å². The van der Waals surface area contributed by atoms with E-state index in [0.29, 0.717) is 6.61 Å². The van der Waals surface area contributed by atoms with Crippen molar-refractivity contribution in [2.24, 2.45) is 0 Å². The molecule has 0 aliphatic rings. The van der Waals surface area contributed by atoms with E-state index in [1.54, 1.807) is 0 Å². The number of rotatable bonds is 7. The van der Waals surface area contributed by atoms with Gasteiger partial charge < -0.3 is 4.74 Å². The topological polar surface area (TPSA) is 9.23 Å². The third-order valence-corrected chi connectivity index (χ3v) is 9.26. The summed E-state index contributed by atoms with van der Waals surface area (Å²) in [4.78, 5) is 5.36. The van der Waals surface area contributed by atoms with Crippen LogP contribution in [0.5, 0.6) is 5.75 Å². The molecule has 1 nitrogen and oxygen atoms in total. The van der Waals surface area contributed by atoms with Gasteiger partial charge in [0.1, 0.15) is 5.75 Å². The van der Waals surface area contributed by atoms with Crippen molar-refractivity contribution in [1.82, 2.24) is 0 Å². The molecule has 166 valence electrons. The molecule has 0 unspecified atom stereocenters. The molecule has 0 N–H and O–H groups in total. The highest BCUT2D eigenvalue weighted by atomic mass is 32.3. The minimum atomic E-state index is -1.63. The molecule has 0 heterocycles.